The van der Waals surface area contributed by atoms with Crippen molar-refractivity contribution in [2.75, 3.05) is 26.4 Å². The predicted octanol–water partition coefficient (Wildman–Crippen LogP) is 13.6. The van der Waals surface area contributed by atoms with Gasteiger partial charge in [-0.15, -0.1) is 0 Å². The Labute approximate surface area is 404 Å². The zero-order chi connectivity index (χ0) is 47.8. The van der Waals surface area contributed by atoms with E-state index in [0.717, 1.165) is 64.2 Å². The second kappa shape index (κ2) is 47.7. The van der Waals surface area contributed by atoms with Gasteiger partial charge in [-0.25, -0.2) is 0 Å². The highest BCUT2D eigenvalue weighted by atomic mass is 16.7. The first-order valence-corrected chi connectivity index (χ1v) is 27.0. The van der Waals surface area contributed by atoms with Gasteiger partial charge in [0.05, 0.1) is 19.8 Å². The number of aliphatic hydroxyl groups excluding tert-OH is 4. The third kappa shape index (κ3) is 37.6. The molecule has 0 aromatic carbocycles. The van der Waals surface area contributed by atoms with E-state index < -0.39 is 43.4 Å². The lowest BCUT2D eigenvalue weighted by atomic mass is 9.99. The van der Waals surface area contributed by atoms with Gasteiger partial charge in [0.1, 0.15) is 30.5 Å². The van der Waals surface area contributed by atoms with Crippen LogP contribution in [0.4, 0.5) is 0 Å². The van der Waals surface area contributed by atoms with Crippen molar-refractivity contribution in [3.8, 4) is 0 Å². The van der Waals surface area contributed by atoms with Gasteiger partial charge in [-0.05, 0) is 83.5 Å². The molecule has 1 fully saturated rings. The molecule has 6 atom stereocenters. The summed E-state index contributed by atoms with van der Waals surface area (Å²) in [5, 5.41) is 40.3. The molecule has 4 N–H and O–H groups in total. The lowest BCUT2D eigenvalue weighted by Gasteiger charge is -2.39. The van der Waals surface area contributed by atoms with E-state index in [1.165, 1.54) is 135 Å². The summed E-state index contributed by atoms with van der Waals surface area (Å²) in [7, 11) is 0. The quantitative estimate of drug-likeness (QED) is 0.0267. The Balaban J connectivity index is 2.18. The SMILES string of the molecule is CC/C=C\C/C=C\C/C=C\C/C=C\CCCCCCCCCCCCCOCC(COC1OC(CO)C(O)C(O)C1O)OC(=O)CCCCCCCCCCC/C=C\C/C=C\CCCCC. The van der Waals surface area contributed by atoms with E-state index in [4.69, 9.17) is 18.9 Å². The fourth-order valence-corrected chi connectivity index (χ4v) is 7.93. The standard InChI is InChI=1S/C57H100O9/c1-3-5-7-9-11-13-15-17-19-21-23-24-25-26-27-29-31-33-35-37-39-41-43-45-47-63-49-51(50-64-57-56(62)55(61)54(60)52(48-58)66-57)65-53(59)46-44-42-40-38-36-34-32-30-28-22-20-18-16-14-12-10-8-6-4-2/h5,7,11-14,17-20,23-24,51-52,54-58,60-62H,3-4,6,8-10,15-16,21-22,25-50H2,1-2H3/b7-5-,13-11-,14-12-,19-17-,20-18-,24-23-. The number of rotatable bonds is 46. The smallest absolute Gasteiger partial charge is 0.306 e. The van der Waals surface area contributed by atoms with Crippen molar-refractivity contribution >= 4 is 5.97 Å². The largest absolute Gasteiger partial charge is 0.457 e. The predicted molar refractivity (Wildman–Crippen MR) is 274 cm³/mol. The highest BCUT2D eigenvalue weighted by Gasteiger charge is 2.44. The Hall–Kier alpha value is -2.37. The van der Waals surface area contributed by atoms with Crippen molar-refractivity contribution in [2.24, 2.45) is 0 Å². The fourth-order valence-electron chi connectivity index (χ4n) is 7.93. The lowest BCUT2D eigenvalue weighted by molar-refractivity contribution is -0.305. The maximum atomic E-state index is 12.9. The molecule has 0 aromatic rings. The third-order valence-electron chi connectivity index (χ3n) is 12.1. The second-order valence-corrected chi connectivity index (χ2v) is 18.3. The molecule has 1 aliphatic rings. The molecule has 0 saturated carbocycles. The summed E-state index contributed by atoms with van der Waals surface area (Å²) in [5.74, 6) is -0.320. The molecule has 9 nitrogen and oxygen atoms in total. The molecule has 0 radical (unpaired) electrons. The van der Waals surface area contributed by atoms with Gasteiger partial charge in [0.2, 0.25) is 0 Å². The first-order valence-electron chi connectivity index (χ1n) is 27.0. The van der Waals surface area contributed by atoms with Gasteiger partial charge in [-0.1, -0.05) is 202 Å². The minimum atomic E-state index is -1.54. The summed E-state index contributed by atoms with van der Waals surface area (Å²) in [5.41, 5.74) is 0. The fraction of sp³-hybridized carbons (Fsp3) is 0.772. The normalized spacial score (nSPS) is 19.9. The van der Waals surface area contributed by atoms with E-state index in [-0.39, 0.29) is 19.2 Å². The average molecular weight is 929 g/mol. The number of ether oxygens (including phenoxy) is 4. The molecule has 9 heteroatoms. The number of hydrogen-bond acceptors (Lipinski definition) is 9. The van der Waals surface area contributed by atoms with Crippen LogP contribution in [0.3, 0.4) is 0 Å². The van der Waals surface area contributed by atoms with Crippen LogP contribution in [0.15, 0.2) is 72.9 Å². The first kappa shape index (κ1) is 61.6. The van der Waals surface area contributed by atoms with Crippen LogP contribution in [0.2, 0.25) is 0 Å². The first-order chi connectivity index (χ1) is 32.4. The van der Waals surface area contributed by atoms with Crippen molar-refractivity contribution in [3.05, 3.63) is 72.9 Å². The molecule has 66 heavy (non-hydrogen) atoms. The summed E-state index contributed by atoms with van der Waals surface area (Å²) in [4.78, 5) is 12.9. The monoisotopic (exact) mass is 929 g/mol. The van der Waals surface area contributed by atoms with Crippen LogP contribution in [0.1, 0.15) is 219 Å². The molecule has 0 aliphatic carbocycles. The van der Waals surface area contributed by atoms with Crippen LogP contribution in [-0.2, 0) is 23.7 Å². The molecule has 0 amide bonds. The van der Waals surface area contributed by atoms with Gasteiger partial charge >= 0.3 is 5.97 Å². The number of unbranched alkanes of at least 4 members (excludes halogenated alkanes) is 23. The molecule has 0 bridgehead atoms. The Bertz CT molecular complexity index is 1240. The van der Waals surface area contributed by atoms with Crippen molar-refractivity contribution in [1.29, 1.82) is 0 Å². The van der Waals surface area contributed by atoms with Crippen molar-refractivity contribution in [2.45, 2.75) is 256 Å². The van der Waals surface area contributed by atoms with Gasteiger partial charge in [-0.2, -0.15) is 0 Å². The minimum Gasteiger partial charge on any atom is -0.457 e. The summed E-state index contributed by atoms with van der Waals surface area (Å²) in [6, 6.07) is 0. The highest BCUT2D eigenvalue weighted by molar-refractivity contribution is 5.69. The number of aliphatic hydroxyl groups is 4. The van der Waals surface area contributed by atoms with Crippen molar-refractivity contribution < 1.29 is 44.2 Å². The van der Waals surface area contributed by atoms with Crippen LogP contribution in [0.25, 0.3) is 0 Å². The summed E-state index contributed by atoms with van der Waals surface area (Å²) in [6.45, 7) is 4.42. The number of carbonyl (C=O) groups excluding carboxylic acids is 1. The molecule has 1 saturated heterocycles. The van der Waals surface area contributed by atoms with Gasteiger partial charge in [0.15, 0.2) is 6.29 Å². The molecule has 1 aliphatic heterocycles. The zero-order valence-electron chi connectivity index (χ0n) is 42.2. The van der Waals surface area contributed by atoms with Gasteiger partial charge in [0.25, 0.3) is 0 Å². The highest BCUT2D eigenvalue weighted by Crippen LogP contribution is 2.23. The Morgan fingerprint density at radius 2 is 0.924 bits per heavy atom. The lowest BCUT2D eigenvalue weighted by Crippen LogP contribution is -2.59. The summed E-state index contributed by atoms with van der Waals surface area (Å²) < 4.78 is 22.9. The molecule has 0 aromatic heterocycles. The maximum absolute atomic E-state index is 12.9. The van der Waals surface area contributed by atoms with Crippen LogP contribution in [-0.4, -0.2) is 89.6 Å². The summed E-state index contributed by atoms with van der Waals surface area (Å²) >= 11 is 0. The van der Waals surface area contributed by atoms with Crippen LogP contribution in [0, 0.1) is 0 Å². The van der Waals surface area contributed by atoms with Crippen LogP contribution >= 0.6 is 0 Å². The van der Waals surface area contributed by atoms with Crippen molar-refractivity contribution in [3.63, 3.8) is 0 Å². The zero-order valence-corrected chi connectivity index (χ0v) is 42.2. The van der Waals surface area contributed by atoms with E-state index in [0.29, 0.717) is 13.0 Å². The van der Waals surface area contributed by atoms with Gasteiger partial charge < -0.3 is 39.4 Å². The number of hydrogen-bond donors (Lipinski definition) is 4. The number of carbonyl (C=O) groups is 1. The molecule has 382 valence electrons. The molecule has 0 spiro atoms. The summed E-state index contributed by atoms with van der Waals surface area (Å²) in [6.07, 6.45) is 56.5. The molecule has 1 rings (SSSR count). The maximum Gasteiger partial charge on any atom is 0.306 e. The Kier molecular flexibility index (Phi) is 44.5. The van der Waals surface area contributed by atoms with Crippen molar-refractivity contribution in [1.82, 2.24) is 0 Å². The third-order valence-corrected chi connectivity index (χ3v) is 12.1. The molecular weight excluding hydrogens is 829 g/mol. The van der Waals surface area contributed by atoms with E-state index in [9.17, 15) is 25.2 Å². The molecule has 1 heterocycles. The Morgan fingerprint density at radius 1 is 0.500 bits per heavy atom. The Morgan fingerprint density at radius 3 is 1.39 bits per heavy atom. The molecular formula is C57H100O9. The average Bonchev–Trinajstić information content (AvgIpc) is 3.32. The van der Waals surface area contributed by atoms with E-state index >= 15 is 0 Å². The number of esters is 1. The van der Waals surface area contributed by atoms with E-state index in [1.807, 2.05) is 0 Å². The van der Waals surface area contributed by atoms with E-state index in [1.54, 1.807) is 0 Å². The number of allylic oxidation sites excluding steroid dienone is 12. The topological polar surface area (TPSA) is 135 Å². The van der Waals surface area contributed by atoms with Gasteiger partial charge in [-0.3, -0.25) is 4.79 Å². The molecule has 6 unspecified atom stereocenters. The second-order valence-electron chi connectivity index (χ2n) is 18.3. The van der Waals surface area contributed by atoms with E-state index in [2.05, 4.69) is 86.8 Å². The van der Waals surface area contributed by atoms with Crippen LogP contribution in [0.5, 0.6) is 0 Å². The van der Waals surface area contributed by atoms with Crippen LogP contribution < -0.4 is 0 Å². The minimum absolute atomic E-state index is 0.119. The van der Waals surface area contributed by atoms with Gasteiger partial charge in [0, 0.05) is 13.0 Å².